The van der Waals surface area contributed by atoms with E-state index in [9.17, 15) is 0 Å². The predicted molar refractivity (Wildman–Crippen MR) is 78.8 cm³/mol. The van der Waals surface area contributed by atoms with Crippen LogP contribution in [0.5, 0.6) is 0 Å². The molecule has 0 aliphatic heterocycles. The van der Waals surface area contributed by atoms with E-state index in [0.717, 1.165) is 11.8 Å². The summed E-state index contributed by atoms with van der Waals surface area (Å²) >= 11 is 3.94. The first-order valence-electron chi connectivity index (χ1n) is 7.02. The molecule has 1 aliphatic rings. The Labute approximate surface area is 114 Å². The van der Waals surface area contributed by atoms with E-state index in [0.29, 0.717) is 4.83 Å². The molecule has 3 atom stereocenters. The molecule has 1 heteroatoms. The summed E-state index contributed by atoms with van der Waals surface area (Å²) < 4.78 is 0. The molecular formula is C16H23Br. The Morgan fingerprint density at radius 2 is 1.88 bits per heavy atom. The summed E-state index contributed by atoms with van der Waals surface area (Å²) in [5, 5.41) is 0. The van der Waals surface area contributed by atoms with Crippen LogP contribution in [-0.2, 0) is 0 Å². The molecule has 17 heavy (non-hydrogen) atoms. The van der Waals surface area contributed by atoms with Crippen LogP contribution < -0.4 is 0 Å². The molecule has 3 unspecified atom stereocenters. The van der Waals surface area contributed by atoms with Crippen LogP contribution in [0.15, 0.2) is 30.3 Å². The highest BCUT2D eigenvalue weighted by Gasteiger charge is 2.30. The molecule has 1 aliphatic carbocycles. The van der Waals surface area contributed by atoms with Crippen molar-refractivity contribution in [1.29, 1.82) is 0 Å². The van der Waals surface area contributed by atoms with Crippen LogP contribution in [0.3, 0.4) is 0 Å². The highest BCUT2D eigenvalue weighted by molar-refractivity contribution is 9.09. The Balaban J connectivity index is 2.12. The molecule has 0 N–H and O–H groups in total. The summed E-state index contributed by atoms with van der Waals surface area (Å²) in [5.41, 5.74) is 1.55. The van der Waals surface area contributed by atoms with Gasteiger partial charge in [0.25, 0.3) is 0 Å². The van der Waals surface area contributed by atoms with Gasteiger partial charge in [-0.2, -0.15) is 0 Å². The first-order chi connectivity index (χ1) is 8.33. The van der Waals surface area contributed by atoms with E-state index < -0.39 is 0 Å². The molecule has 1 fully saturated rings. The molecule has 0 saturated heterocycles. The van der Waals surface area contributed by atoms with Gasteiger partial charge in [0.2, 0.25) is 0 Å². The average Bonchev–Trinajstić information content (AvgIpc) is 2.40. The highest BCUT2D eigenvalue weighted by Crippen LogP contribution is 2.42. The molecule has 0 amide bonds. The fourth-order valence-corrected chi connectivity index (χ4v) is 4.29. The van der Waals surface area contributed by atoms with Crippen molar-refractivity contribution >= 4 is 15.9 Å². The fourth-order valence-electron chi connectivity index (χ4n) is 3.20. The molecule has 0 bridgehead atoms. The van der Waals surface area contributed by atoms with Gasteiger partial charge in [0.05, 0.1) is 0 Å². The highest BCUT2D eigenvalue weighted by atomic mass is 79.9. The number of hydrogen-bond acceptors (Lipinski definition) is 0. The van der Waals surface area contributed by atoms with E-state index in [2.05, 4.69) is 53.2 Å². The van der Waals surface area contributed by atoms with E-state index in [-0.39, 0.29) is 0 Å². The maximum atomic E-state index is 3.94. The topological polar surface area (TPSA) is 0 Å². The maximum Gasteiger partial charge on any atom is 0.0179 e. The van der Waals surface area contributed by atoms with Crippen LogP contribution in [0.4, 0.5) is 0 Å². The summed E-state index contributed by atoms with van der Waals surface area (Å²) in [4.78, 5) is 0.706. The lowest BCUT2D eigenvalue weighted by Crippen LogP contribution is -2.25. The molecule has 0 aromatic heterocycles. The lowest BCUT2D eigenvalue weighted by Gasteiger charge is -2.35. The lowest BCUT2D eigenvalue weighted by molar-refractivity contribution is 0.295. The molecule has 0 spiro atoms. The number of rotatable bonds is 4. The molecule has 1 aromatic carbocycles. The van der Waals surface area contributed by atoms with E-state index in [4.69, 9.17) is 0 Å². The van der Waals surface area contributed by atoms with Crippen molar-refractivity contribution in [3.63, 3.8) is 0 Å². The number of hydrogen-bond donors (Lipinski definition) is 0. The third-order valence-corrected chi connectivity index (χ3v) is 5.21. The van der Waals surface area contributed by atoms with E-state index in [1.54, 1.807) is 5.56 Å². The van der Waals surface area contributed by atoms with Crippen LogP contribution in [0.1, 0.15) is 56.9 Å². The summed E-state index contributed by atoms with van der Waals surface area (Å²) in [6, 6.07) is 11.1. The van der Waals surface area contributed by atoms with Gasteiger partial charge in [0, 0.05) is 4.83 Å². The van der Waals surface area contributed by atoms with Crippen molar-refractivity contribution in [3.8, 4) is 0 Å². The molecule has 1 saturated carbocycles. The zero-order valence-electron chi connectivity index (χ0n) is 10.7. The van der Waals surface area contributed by atoms with Crippen molar-refractivity contribution < 1.29 is 0 Å². The van der Waals surface area contributed by atoms with Gasteiger partial charge >= 0.3 is 0 Å². The van der Waals surface area contributed by atoms with Crippen molar-refractivity contribution in [2.45, 2.75) is 56.2 Å². The summed E-state index contributed by atoms with van der Waals surface area (Å²) in [6.45, 7) is 2.29. The van der Waals surface area contributed by atoms with Gasteiger partial charge in [-0.05, 0) is 36.7 Å². The Hall–Kier alpha value is -0.300. The zero-order chi connectivity index (χ0) is 12.1. The van der Waals surface area contributed by atoms with Crippen LogP contribution in [-0.4, -0.2) is 4.83 Å². The summed E-state index contributed by atoms with van der Waals surface area (Å²) in [6.07, 6.45) is 8.19. The van der Waals surface area contributed by atoms with Gasteiger partial charge in [-0.15, -0.1) is 0 Å². The molecular weight excluding hydrogens is 272 g/mol. The van der Waals surface area contributed by atoms with Crippen LogP contribution in [0.25, 0.3) is 0 Å². The van der Waals surface area contributed by atoms with Gasteiger partial charge < -0.3 is 0 Å². The van der Waals surface area contributed by atoms with Gasteiger partial charge in [-0.1, -0.05) is 72.4 Å². The Kier molecular flexibility index (Phi) is 5.09. The molecule has 1 aromatic rings. The van der Waals surface area contributed by atoms with Crippen molar-refractivity contribution in [2.75, 3.05) is 0 Å². The monoisotopic (exact) mass is 294 g/mol. The van der Waals surface area contributed by atoms with Crippen LogP contribution in [0, 0.1) is 5.92 Å². The van der Waals surface area contributed by atoms with Crippen molar-refractivity contribution in [2.24, 2.45) is 5.92 Å². The van der Waals surface area contributed by atoms with Crippen molar-refractivity contribution in [1.82, 2.24) is 0 Å². The summed E-state index contributed by atoms with van der Waals surface area (Å²) in [5.74, 6) is 1.62. The summed E-state index contributed by atoms with van der Waals surface area (Å²) in [7, 11) is 0. The van der Waals surface area contributed by atoms with E-state index in [1.165, 1.54) is 38.5 Å². The molecule has 0 heterocycles. The Morgan fingerprint density at radius 3 is 2.59 bits per heavy atom. The minimum absolute atomic E-state index is 0.706. The zero-order valence-corrected chi connectivity index (χ0v) is 12.3. The average molecular weight is 295 g/mol. The second-order valence-electron chi connectivity index (χ2n) is 5.27. The van der Waals surface area contributed by atoms with Gasteiger partial charge in [-0.3, -0.25) is 0 Å². The molecule has 0 radical (unpaired) electrons. The second-order valence-corrected chi connectivity index (χ2v) is 6.45. The normalized spacial score (nSPS) is 26.7. The van der Waals surface area contributed by atoms with Gasteiger partial charge in [0.15, 0.2) is 0 Å². The SMILES string of the molecule is CCCC(Br)C1CCCCC1c1ccccc1. The molecule has 0 nitrogen and oxygen atoms in total. The standard InChI is InChI=1S/C16H23Br/c1-2-8-16(17)15-12-7-6-11-14(15)13-9-4-3-5-10-13/h3-5,9-10,14-16H,2,6-8,11-12H2,1H3. The molecule has 2 rings (SSSR count). The maximum absolute atomic E-state index is 3.94. The predicted octanol–water partition coefficient (Wildman–Crippen LogP) is 5.52. The van der Waals surface area contributed by atoms with Crippen LogP contribution in [0.2, 0.25) is 0 Å². The van der Waals surface area contributed by atoms with Crippen LogP contribution >= 0.6 is 15.9 Å². The number of alkyl halides is 1. The second kappa shape index (κ2) is 6.58. The quantitative estimate of drug-likeness (QED) is 0.641. The Bertz CT molecular complexity index is 320. The Morgan fingerprint density at radius 1 is 1.18 bits per heavy atom. The number of benzene rings is 1. The smallest absolute Gasteiger partial charge is 0.0179 e. The third-order valence-electron chi connectivity index (χ3n) is 4.08. The third kappa shape index (κ3) is 3.34. The van der Waals surface area contributed by atoms with E-state index in [1.807, 2.05) is 0 Å². The molecule has 94 valence electrons. The lowest BCUT2D eigenvalue weighted by atomic mass is 9.73. The fraction of sp³-hybridized carbons (Fsp3) is 0.625. The largest absolute Gasteiger partial charge is 0.0887 e. The minimum atomic E-state index is 0.706. The van der Waals surface area contributed by atoms with Crippen molar-refractivity contribution in [3.05, 3.63) is 35.9 Å². The first kappa shape index (κ1) is 13.1. The van der Waals surface area contributed by atoms with Gasteiger partial charge in [-0.25, -0.2) is 0 Å². The van der Waals surface area contributed by atoms with Gasteiger partial charge in [0.1, 0.15) is 0 Å². The van der Waals surface area contributed by atoms with E-state index >= 15 is 0 Å². The number of halogens is 1. The first-order valence-corrected chi connectivity index (χ1v) is 7.93. The minimum Gasteiger partial charge on any atom is -0.0887 e.